The van der Waals surface area contributed by atoms with Crippen LogP contribution in [-0.2, 0) is 11.3 Å². The molecule has 0 aliphatic heterocycles. The van der Waals surface area contributed by atoms with Crippen molar-refractivity contribution in [3.63, 3.8) is 0 Å². The Morgan fingerprint density at radius 3 is 2.55 bits per heavy atom. The summed E-state index contributed by atoms with van der Waals surface area (Å²) in [5.41, 5.74) is 4.91. The van der Waals surface area contributed by atoms with Crippen molar-refractivity contribution in [2.45, 2.75) is 46.1 Å². The fourth-order valence-corrected chi connectivity index (χ4v) is 3.07. The van der Waals surface area contributed by atoms with Crippen LogP contribution in [0.3, 0.4) is 0 Å². The first-order valence-corrected chi connectivity index (χ1v) is 7.77. The summed E-state index contributed by atoms with van der Waals surface area (Å²) < 4.78 is 0. The lowest BCUT2D eigenvalue weighted by Crippen LogP contribution is -2.49. The van der Waals surface area contributed by atoms with E-state index in [1.807, 2.05) is 31.4 Å². The Balaban J connectivity index is 2.87. The van der Waals surface area contributed by atoms with Gasteiger partial charge in [-0.3, -0.25) is 4.79 Å². The molecule has 0 radical (unpaired) electrons. The number of amidine groups is 1. The second-order valence-electron chi connectivity index (χ2n) is 4.83. The third-order valence-electron chi connectivity index (χ3n) is 3.39. The van der Waals surface area contributed by atoms with Crippen molar-refractivity contribution in [1.29, 1.82) is 0 Å². The highest BCUT2D eigenvalue weighted by Crippen LogP contribution is 2.31. The summed E-state index contributed by atoms with van der Waals surface area (Å²) in [4.78, 5) is 13.6. The molecule has 4 N–H and O–H groups in total. The van der Waals surface area contributed by atoms with Crippen LogP contribution < -0.4 is 11.1 Å². The number of oxime groups is 1. The number of hydrogen-bond donors (Lipinski definition) is 3. The van der Waals surface area contributed by atoms with Crippen LogP contribution in [0.25, 0.3) is 0 Å². The number of amides is 1. The predicted molar refractivity (Wildman–Crippen MR) is 81.8 cm³/mol. The average molecular weight is 297 g/mol. The minimum Gasteiger partial charge on any atom is -0.409 e. The van der Waals surface area contributed by atoms with Crippen LogP contribution in [0.4, 0.5) is 0 Å². The van der Waals surface area contributed by atoms with Crippen molar-refractivity contribution >= 4 is 23.1 Å². The highest BCUT2D eigenvalue weighted by molar-refractivity contribution is 7.09. The second kappa shape index (κ2) is 7.89. The first-order valence-electron chi connectivity index (χ1n) is 6.89. The Labute approximate surface area is 123 Å². The lowest BCUT2D eigenvalue weighted by molar-refractivity contribution is -0.128. The SMILES string of the molecule is CCCC(CCC)(C(=O)NCc1cccs1)C(N)=NO. The maximum absolute atomic E-state index is 12.6. The zero-order valence-electron chi connectivity index (χ0n) is 12.1. The van der Waals surface area contributed by atoms with E-state index in [0.717, 1.165) is 17.7 Å². The number of carbonyl (C=O) groups is 1. The monoisotopic (exact) mass is 297 g/mol. The fourth-order valence-electron chi connectivity index (χ4n) is 2.42. The topological polar surface area (TPSA) is 87.7 Å². The molecule has 0 aliphatic rings. The maximum Gasteiger partial charge on any atom is 0.234 e. The number of nitrogens with zero attached hydrogens (tertiary/aromatic N) is 1. The summed E-state index contributed by atoms with van der Waals surface area (Å²) in [6.07, 6.45) is 2.74. The van der Waals surface area contributed by atoms with E-state index in [1.54, 1.807) is 11.3 Å². The van der Waals surface area contributed by atoms with Crippen LogP contribution in [0.1, 0.15) is 44.4 Å². The molecule has 0 atom stereocenters. The Kier molecular flexibility index (Phi) is 6.51. The highest BCUT2D eigenvalue weighted by Gasteiger charge is 2.41. The molecule has 0 aliphatic carbocycles. The van der Waals surface area contributed by atoms with Crippen molar-refractivity contribution in [3.8, 4) is 0 Å². The van der Waals surface area contributed by atoms with Gasteiger partial charge in [-0.2, -0.15) is 0 Å². The quantitative estimate of drug-likeness (QED) is 0.298. The first kappa shape index (κ1) is 16.5. The zero-order valence-corrected chi connectivity index (χ0v) is 12.9. The van der Waals surface area contributed by atoms with Crippen LogP contribution in [0.5, 0.6) is 0 Å². The van der Waals surface area contributed by atoms with Gasteiger partial charge in [0, 0.05) is 4.88 Å². The van der Waals surface area contributed by atoms with E-state index in [9.17, 15) is 4.79 Å². The Morgan fingerprint density at radius 1 is 1.45 bits per heavy atom. The molecule has 20 heavy (non-hydrogen) atoms. The molecular formula is C14H23N3O2S. The van der Waals surface area contributed by atoms with Crippen LogP contribution in [0.15, 0.2) is 22.7 Å². The minimum absolute atomic E-state index is 0.00452. The average Bonchev–Trinajstić information content (AvgIpc) is 2.96. The van der Waals surface area contributed by atoms with Gasteiger partial charge in [-0.25, -0.2) is 0 Å². The van der Waals surface area contributed by atoms with Crippen molar-refractivity contribution in [2.75, 3.05) is 0 Å². The van der Waals surface area contributed by atoms with Gasteiger partial charge in [0.25, 0.3) is 0 Å². The lowest BCUT2D eigenvalue weighted by atomic mass is 9.77. The standard InChI is InChI=1S/C14H23N3O2S/c1-3-7-14(8-4-2,12(15)17-19)13(18)16-10-11-6-5-9-20-11/h5-6,9,19H,3-4,7-8,10H2,1-2H3,(H2,15,17)(H,16,18). The van der Waals surface area contributed by atoms with Gasteiger partial charge in [0.15, 0.2) is 5.84 Å². The van der Waals surface area contributed by atoms with Crippen molar-refractivity contribution in [1.82, 2.24) is 5.32 Å². The van der Waals surface area contributed by atoms with Crippen molar-refractivity contribution in [3.05, 3.63) is 22.4 Å². The molecule has 0 aromatic carbocycles. The molecule has 1 amide bonds. The van der Waals surface area contributed by atoms with Gasteiger partial charge >= 0.3 is 0 Å². The number of nitrogens with two attached hydrogens (primary N) is 1. The predicted octanol–water partition coefficient (Wildman–Crippen LogP) is 2.70. The second-order valence-corrected chi connectivity index (χ2v) is 5.86. The summed E-state index contributed by atoms with van der Waals surface area (Å²) in [5, 5.41) is 17.0. The van der Waals surface area contributed by atoms with Crippen molar-refractivity contribution < 1.29 is 10.0 Å². The molecule has 0 bridgehead atoms. The van der Waals surface area contributed by atoms with E-state index < -0.39 is 5.41 Å². The van der Waals surface area contributed by atoms with E-state index in [4.69, 9.17) is 10.9 Å². The summed E-state index contributed by atoms with van der Waals surface area (Å²) >= 11 is 1.59. The van der Waals surface area contributed by atoms with Gasteiger partial charge in [-0.15, -0.1) is 11.3 Å². The summed E-state index contributed by atoms with van der Waals surface area (Å²) in [7, 11) is 0. The zero-order chi connectivity index (χ0) is 15.0. The molecular weight excluding hydrogens is 274 g/mol. The normalized spacial score (nSPS) is 12.4. The van der Waals surface area contributed by atoms with E-state index in [2.05, 4.69) is 10.5 Å². The van der Waals surface area contributed by atoms with Gasteiger partial charge in [0.05, 0.1) is 6.54 Å². The van der Waals surface area contributed by atoms with Crippen LogP contribution >= 0.6 is 11.3 Å². The van der Waals surface area contributed by atoms with Gasteiger partial charge < -0.3 is 16.3 Å². The Bertz CT molecular complexity index is 437. The molecule has 1 aromatic heterocycles. The van der Waals surface area contributed by atoms with Crippen LogP contribution in [-0.4, -0.2) is 17.0 Å². The van der Waals surface area contributed by atoms with Gasteiger partial charge in [-0.05, 0) is 24.3 Å². The molecule has 0 spiro atoms. The smallest absolute Gasteiger partial charge is 0.234 e. The fraction of sp³-hybridized carbons (Fsp3) is 0.571. The van der Waals surface area contributed by atoms with Gasteiger partial charge in [-0.1, -0.05) is 37.9 Å². The van der Waals surface area contributed by atoms with Crippen LogP contribution in [0, 0.1) is 5.41 Å². The Morgan fingerprint density at radius 2 is 2.10 bits per heavy atom. The third-order valence-corrected chi connectivity index (χ3v) is 4.27. The molecule has 5 nitrogen and oxygen atoms in total. The molecule has 6 heteroatoms. The maximum atomic E-state index is 12.6. The largest absolute Gasteiger partial charge is 0.409 e. The molecule has 0 saturated heterocycles. The minimum atomic E-state index is -0.907. The van der Waals surface area contributed by atoms with E-state index in [-0.39, 0.29) is 11.7 Å². The number of nitrogens with one attached hydrogen (secondary N) is 1. The number of rotatable bonds is 8. The van der Waals surface area contributed by atoms with Crippen molar-refractivity contribution in [2.24, 2.45) is 16.3 Å². The van der Waals surface area contributed by atoms with E-state index in [1.165, 1.54) is 0 Å². The number of thiophene rings is 1. The molecule has 1 aromatic rings. The van der Waals surface area contributed by atoms with Gasteiger partial charge in [0.2, 0.25) is 5.91 Å². The molecule has 0 saturated carbocycles. The molecule has 0 fully saturated rings. The number of hydrogen-bond acceptors (Lipinski definition) is 4. The molecule has 1 rings (SSSR count). The molecule has 0 unspecified atom stereocenters. The Hall–Kier alpha value is -1.56. The summed E-state index contributed by atoms with van der Waals surface area (Å²) in [6.45, 7) is 4.45. The van der Waals surface area contributed by atoms with E-state index >= 15 is 0 Å². The molecule has 1 heterocycles. The van der Waals surface area contributed by atoms with E-state index in [0.29, 0.717) is 19.4 Å². The number of carbonyl (C=O) groups excluding carboxylic acids is 1. The van der Waals surface area contributed by atoms with Crippen LogP contribution in [0.2, 0.25) is 0 Å². The highest BCUT2D eigenvalue weighted by atomic mass is 32.1. The summed E-state index contributed by atoms with van der Waals surface area (Å²) in [6, 6.07) is 3.91. The summed E-state index contributed by atoms with van der Waals surface area (Å²) in [5.74, 6) is -0.158. The third kappa shape index (κ3) is 3.72. The van der Waals surface area contributed by atoms with Gasteiger partial charge in [0.1, 0.15) is 5.41 Å². The molecule has 112 valence electrons. The first-order chi connectivity index (χ1) is 9.60. The lowest BCUT2D eigenvalue weighted by Gasteiger charge is -2.30.